The minimum absolute atomic E-state index is 0.107. The van der Waals surface area contributed by atoms with Crippen molar-refractivity contribution >= 4 is 12.0 Å². The van der Waals surface area contributed by atoms with Crippen LogP contribution in [0, 0.1) is 5.92 Å². The fourth-order valence-corrected chi connectivity index (χ4v) is 2.38. The summed E-state index contributed by atoms with van der Waals surface area (Å²) in [6.45, 7) is 6.76. The third kappa shape index (κ3) is 5.46. The lowest BCUT2D eigenvalue weighted by Crippen LogP contribution is -2.50. The van der Waals surface area contributed by atoms with Crippen LogP contribution < -0.4 is 10.6 Å². The summed E-state index contributed by atoms with van der Waals surface area (Å²) in [6.07, 6.45) is 2.01. The number of hydrogen-bond donors (Lipinski definition) is 3. The normalized spacial score (nSPS) is 23.1. The van der Waals surface area contributed by atoms with E-state index in [4.69, 9.17) is 9.84 Å². The Morgan fingerprint density at radius 2 is 2.11 bits per heavy atom. The van der Waals surface area contributed by atoms with E-state index in [0.29, 0.717) is 12.5 Å². The summed E-state index contributed by atoms with van der Waals surface area (Å²) in [5.41, 5.74) is -0.758. The van der Waals surface area contributed by atoms with Crippen LogP contribution in [0.4, 0.5) is 4.79 Å². The predicted molar refractivity (Wildman–Crippen MR) is 71.0 cm³/mol. The van der Waals surface area contributed by atoms with Gasteiger partial charge in [0.15, 0.2) is 0 Å². The molecule has 0 aromatic carbocycles. The molecule has 3 N–H and O–H groups in total. The average Bonchev–Trinajstić information content (AvgIpc) is 2.70. The van der Waals surface area contributed by atoms with Gasteiger partial charge in [0.2, 0.25) is 0 Å². The van der Waals surface area contributed by atoms with Gasteiger partial charge in [0.25, 0.3) is 0 Å². The van der Waals surface area contributed by atoms with Crippen molar-refractivity contribution < 1.29 is 19.4 Å². The average molecular weight is 272 g/mol. The molecule has 0 bridgehead atoms. The van der Waals surface area contributed by atoms with Crippen molar-refractivity contribution in [2.24, 2.45) is 5.92 Å². The smallest absolute Gasteiger partial charge is 0.315 e. The van der Waals surface area contributed by atoms with E-state index in [2.05, 4.69) is 17.6 Å². The van der Waals surface area contributed by atoms with Gasteiger partial charge in [-0.3, -0.25) is 4.79 Å². The van der Waals surface area contributed by atoms with E-state index in [1.165, 1.54) is 0 Å². The molecule has 1 rings (SSSR count). The number of carboxylic acid groups (broad SMARTS) is 1. The van der Waals surface area contributed by atoms with Gasteiger partial charge in [-0.15, -0.1) is 0 Å². The second kappa shape index (κ2) is 6.75. The van der Waals surface area contributed by atoms with Gasteiger partial charge in [-0.1, -0.05) is 6.92 Å². The predicted octanol–water partition coefficient (Wildman–Crippen LogP) is 1.35. The summed E-state index contributed by atoms with van der Waals surface area (Å²) in [7, 11) is 0. The molecule has 6 heteroatoms. The SMILES string of the molecule is CCC1OCCC1CNC(=O)NC(C)(C)CC(=O)O. The number of amides is 2. The molecule has 1 fully saturated rings. The largest absolute Gasteiger partial charge is 0.481 e. The number of carbonyl (C=O) groups excluding carboxylic acids is 1. The van der Waals surface area contributed by atoms with Crippen LogP contribution in [0.25, 0.3) is 0 Å². The topological polar surface area (TPSA) is 87.7 Å². The van der Waals surface area contributed by atoms with Gasteiger partial charge >= 0.3 is 12.0 Å². The Kier molecular flexibility index (Phi) is 5.60. The molecule has 2 unspecified atom stereocenters. The Morgan fingerprint density at radius 3 is 2.68 bits per heavy atom. The van der Waals surface area contributed by atoms with Crippen LogP contribution in [-0.2, 0) is 9.53 Å². The van der Waals surface area contributed by atoms with Crippen LogP contribution >= 0.6 is 0 Å². The second-order valence-electron chi connectivity index (χ2n) is 5.66. The van der Waals surface area contributed by atoms with Crippen molar-refractivity contribution in [3.63, 3.8) is 0 Å². The van der Waals surface area contributed by atoms with E-state index in [-0.39, 0.29) is 18.6 Å². The lowest BCUT2D eigenvalue weighted by Gasteiger charge is -2.25. The summed E-state index contributed by atoms with van der Waals surface area (Å²) in [6, 6.07) is -0.326. The molecule has 110 valence electrons. The van der Waals surface area contributed by atoms with Gasteiger partial charge < -0.3 is 20.5 Å². The standard InChI is InChI=1S/C13H24N2O4/c1-4-10-9(5-6-19-10)8-14-12(18)15-13(2,3)7-11(16)17/h9-10H,4-8H2,1-3H3,(H,16,17)(H2,14,15,18). The fraction of sp³-hybridized carbons (Fsp3) is 0.846. The number of rotatable bonds is 6. The third-order valence-corrected chi connectivity index (χ3v) is 3.32. The Bertz CT molecular complexity index is 331. The van der Waals surface area contributed by atoms with Crippen molar-refractivity contribution in [3.8, 4) is 0 Å². The molecule has 2 amide bonds. The maximum Gasteiger partial charge on any atom is 0.315 e. The highest BCUT2D eigenvalue weighted by Gasteiger charge is 2.28. The molecule has 0 saturated carbocycles. The maximum absolute atomic E-state index is 11.7. The van der Waals surface area contributed by atoms with Crippen LogP contribution in [-0.4, -0.2) is 41.9 Å². The maximum atomic E-state index is 11.7. The van der Waals surface area contributed by atoms with E-state index in [0.717, 1.165) is 19.4 Å². The van der Waals surface area contributed by atoms with Crippen LogP contribution in [0.5, 0.6) is 0 Å². The van der Waals surface area contributed by atoms with Crippen LogP contribution in [0.3, 0.4) is 0 Å². The number of hydrogen-bond acceptors (Lipinski definition) is 3. The summed E-state index contributed by atoms with van der Waals surface area (Å²) in [4.78, 5) is 22.4. The molecule has 0 aromatic heterocycles. The van der Waals surface area contributed by atoms with Gasteiger partial charge in [0, 0.05) is 24.6 Å². The molecule has 6 nitrogen and oxygen atoms in total. The Balaban J connectivity index is 2.33. The van der Waals surface area contributed by atoms with Crippen molar-refractivity contribution in [3.05, 3.63) is 0 Å². The van der Waals surface area contributed by atoms with E-state index in [9.17, 15) is 9.59 Å². The van der Waals surface area contributed by atoms with E-state index >= 15 is 0 Å². The monoisotopic (exact) mass is 272 g/mol. The van der Waals surface area contributed by atoms with E-state index < -0.39 is 11.5 Å². The number of carbonyl (C=O) groups is 2. The summed E-state index contributed by atoms with van der Waals surface area (Å²) >= 11 is 0. The van der Waals surface area contributed by atoms with Gasteiger partial charge in [0.1, 0.15) is 0 Å². The lowest BCUT2D eigenvalue weighted by molar-refractivity contribution is -0.138. The zero-order chi connectivity index (χ0) is 14.5. The summed E-state index contributed by atoms with van der Waals surface area (Å²) in [5.74, 6) is -0.584. The molecule has 1 aliphatic rings. The van der Waals surface area contributed by atoms with E-state index in [1.54, 1.807) is 13.8 Å². The van der Waals surface area contributed by atoms with Crippen molar-refractivity contribution in [1.82, 2.24) is 10.6 Å². The van der Waals surface area contributed by atoms with Crippen LogP contribution in [0.2, 0.25) is 0 Å². The zero-order valence-electron chi connectivity index (χ0n) is 11.9. The number of aliphatic carboxylic acids is 1. The molecule has 0 aliphatic carbocycles. The Morgan fingerprint density at radius 1 is 1.42 bits per heavy atom. The van der Waals surface area contributed by atoms with E-state index in [1.807, 2.05) is 0 Å². The van der Waals surface area contributed by atoms with Gasteiger partial charge in [-0.2, -0.15) is 0 Å². The number of nitrogens with one attached hydrogen (secondary N) is 2. The minimum atomic E-state index is -0.930. The van der Waals surface area contributed by atoms with Crippen LogP contribution in [0.15, 0.2) is 0 Å². The Labute approximate surface area is 113 Å². The first-order chi connectivity index (χ1) is 8.84. The number of carboxylic acids is 1. The fourth-order valence-electron chi connectivity index (χ4n) is 2.38. The molecular formula is C13H24N2O4. The third-order valence-electron chi connectivity index (χ3n) is 3.32. The quantitative estimate of drug-likeness (QED) is 0.681. The van der Waals surface area contributed by atoms with Crippen molar-refractivity contribution in [2.75, 3.05) is 13.2 Å². The molecule has 1 saturated heterocycles. The minimum Gasteiger partial charge on any atom is -0.481 e. The molecule has 0 spiro atoms. The van der Waals surface area contributed by atoms with Gasteiger partial charge in [0.05, 0.1) is 12.5 Å². The second-order valence-corrected chi connectivity index (χ2v) is 5.66. The number of urea groups is 1. The first-order valence-electron chi connectivity index (χ1n) is 6.73. The summed E-state index contributed by atoms with van der Waals surface area (Å²) in [5, 5.41) is 14.2. The highest BCUT2D eigenvalue weighted by atomic mass is 16.5. The summed E-state index contributed by atoms with van der Waals surface area (Å²) < 4.78 is 5.55. The first kappa shape index (κ1) is 15.8. The lowest BCUT2D eigenvalue weighted by atomic mass is 9.99. The van der Waals surface area contributed by atoms with Crippen molar-refractivity contribution in [1.29, 1.82) is 0 Å². The molecular weight excluding hydrogens is 248 g/mol. The van der Waals surface area contributed by atoms with Crippen LogP contribution in [0.1, 0.15) is 40.0 Å². The molecule has 0 aromatic rings. The molecule has 0 radical (unpaired) electrons. The van der Waals surface area contributed by atoms with Gasteiger partial charge in [-0.05, 0) is 26.7 Å². The Hall–Kier alpha value is -1.30. The highest BCUT2D eigenvalue weighted by molar-refractivity contribution is 5.76. The molecule has 1 heterocycles. The van der Waals surface area contributed by atoms with Crippen molar-refractivity contribution in [2.45, 2.75) is 51.7 Å². The first-order valence-corrected chi connectivity index (χ1v) is 6.73. The molecule has 1 aliphatic heterocycles. The molecule has 2 atom stereocenters. The highest BCUT2D eigenvalue weighted by Crippen LogP contribution is 2.22. The molecule has 19 heavy (non-hydrogen) atoms. The van der Waals surface area contributed by atoms with Gasteiger partial charge in [-0.25, -0.2) is 4.79 Å². The number of ether oxygens (including phenoxy) is 1. The zero-order valence-corrected chi connectivity index (χ0v) is 11.9.